The van der Waals surface area contributed by atoms with Gasteiger partial charge >= 0.3 is 0 Å². The highest BCUT2D eigenvalue weighted by Crippen LogP contribution is 2.41. The summed E-state index contributed by atoms with van der Waals surface area (Å²) in [4.78, 5) is 2.29. The number of terminal acetylenes is 1. The maximum atomic E-state index is 9.83. The van der Waals surface area contributed by atoms with Crippen LogP contribution in [0, 0.1) is 35.5 Å². The van der Waals surface area contributed by atoms with Gasteiger partial charge in [-0.2, -0.15) is 5.26 Å². The van der Waals surface area contributed by atoms with Gasteiger partial charge in [0.2, 0.25) is 0 Å². The van der Waals surface area contributed by atoms with Crippen LogP contribution in [0.5, 0.6) is 0 Å². The van der Waals surface area contributed by atoms with Gasteiger partial charge < -0.3 is 5.11 Å². The van der Waals surface area contributed by atoms with E-state index in [9.17, 15) is 5.11 Å². The Labute approximate surface area is 116 Å². The summed E-state index contributed by atoms with van der Waals surface area (Å²) in [6, 6.07) is 2.72. The Morgan fingerprint density at radius 2 is 1.95 bits per heavy atom. The van der Waals surface area contributed by atoms with Gasteiger partial charge in [0.1, 0.15) is 0 Å². The molecule has 0 aromatic carbocycles. The van der Waals surface area contributed by atoms with Crippen LogP contribution in [0.25, 0.3) is 0 Å². The monoisotopic (exact) mass is 260 g/mol. The molecule has 2 aliphatic rings. The summed E-state index contributed by atoms with van der Waals surface area (Å²) in [5, 5.41) is 18.6. The first-order valence-electron chi connectivity index (χ1n) is 7.47. The molecular weight excluding hydrogens is 236 g/mol. The minimum absolute atomic E-state index is 0.0970. The normalized spacial score (nSPS) is 34.3. The highest BCUT2D eigenvalue weighted by molar-refractivity contribution is 4.95. The number of rotatable bonds is 4. The lowest BCUT2D eigenvalue weighted by molar-refractivity contribution is 0.0210. The van der Waals surface area contributed by atoms with E-state index in [0.29, 0.717) is 24.9 Å². The molecule has 4 unspecified atom stereocenters. The molecule has 0 saturated heterocycles. The standard InChI is InChI=1S/C16H24N2O/c1-2-9-18(10-3-8-17)15-6-4-13-5-7-16(19)12-14(13)11-15/h1,13-16,19H,3-7,9-12H2. The third-order valence-corrected chi connectivity index (χ3v) is 4.88. The molecule has 2 rings (SSSR count). The maximum Gasteiger partial charge on any atom is 0.0635 e. The van der Waals surface area contributed by atoms with E-state index < -0.39 is 0 Å². The Balaban J connectivity index is 1.93. The van der Waals surface area contributed by atoms with Gasteiger partial charge in [-0.3, -0.25) is 4.90 Å². The quantitative estimate of drug-likeness (QED) is 0.788. The van der Waals surface area contributed by atoms with Gasteiger partial charge in [0, 0.05) is 19.0 Å². The van der Waals surface area contributed by atoms with Gasteiger partial charge in [-0.25, -0.2) is 0 Å². The van der Waals surface area contributed by atoms with Crippen molar-refractivity contribution in [3.63, 3.8) is 0 Å². The predicted molar refractivity (Wildman–Crippen MR) is 75.1 cm³/mol. The fourth-order valence-corrected chi connectivity index (χ4v) is 3.88. The molecular formula is C16H24N2O. The molecule has 0 aromatic rings. The molecule has 0 heterocycles. The predicted octanol–water partition coefficient (Wildman–Crippen LogP) is 2.16. The van der Waals surface area contributed by atoms with Crippen molar-refractivity contribution in [2.75, 3.05) is 13.1 Å². The van der Waals surface area contributed by atoms with Crippen molar-refractivity contribution in [2.45, 2.75) is 57.1 Å². The lowest BCUT2D eigenvalue weighted by Crippen LogP contribution is -2.44. The molecule has 2 aliphatic carbocycles. The Morgan fingerprint density at radius 3 is 2.68 bits per heavy atom. The Hall–Kier alpha value is -1.03. The molecule has 0 aliphatic heterocycles. The highest BCUT2D eigenvalue weighted by atomic mass is 16.3. The number of aliphatic hydroxyl groups excluding tert-OH is 1. The van der Waals surface area contributed by atoms with Crippen molar-refractivity contribution in [1.82, 2.24) is 4.90 Å². The second kappa shape index (κ2) is 6.94. The van der Waals surface area contributed by atoms with Crippen molar-refractivity contribution in [2.24, 2.45) is 11.8 Å². The van der Waals surface area contributed by atoms with E-state index in [1.807, 2.05) is 0 Å². The van der Waals surface area contributed by atoms with Crippen LogP contribution in [-0.4, -0.2) is 35.2 Å². The molecule has 104 valence electrons. The van der Waals surface area contributed by atoms with Crippen LogP contribution in [-0.2, 0) is 0 Å². The number of nitrogens with zero attached hydrogens (tertiary/aromatic N) is 2. The molecule has 2 fully saturated rings. The topological polar surface area (TPSA) is 47.3 Å². The maximum absolute atomic E-state index is 9.83. The zero-order valence-corrected chi connectivity index (χ0v) is 11.6. The van der Waals surface area contributed by atoms with Crippen LogP contribution in [0.3, 0.4) is 0 Å². The minimum Gasteiger partial charge on any atom is -0.393 e. The smallest absolute Gasteiger partial charge is 0.0635 e. The van der Waals surface area contributed by atoms with Gasteiger partial charge in [-0.1, -0.05) is 5.92 Å². The summed E-state index contributed by atoms with van der Waals surface area (Å²) in [5.74, 6) is 4.19. The van der Waals surface area contributed by atoms with E-state index in [0.717, 1.165) is 31.7 Å². The number of fused-ring (bicyclic) bond motifs is 1. The second-order valence-electron chi connectivity index (χ2n) is 6.04. The number of hydrogen-bond donors (Lipinski definition) is 1. The van der Waals surface area contributed by atoms with Crippen LogP contribution in [0.2, 0.25) is 0 Å². The zero-order valence-electron chi connectivity index (χ0n) is 11.6. The van der Waals surface area contributed by atoms with Crippen molar-refractivity contribution in [3.05, 3.63) is 0 Å². The molecule has 4 atom stereocenters. The Bertz CT molecular complexity index is 368. The van der Waals surface area contributed by atoms with E-state index in [-0.39, 0.29) is 6.10 Å². The summed E-state index contributed by atoms with van der Waals surface area (Å²) in [6.07, 6.45) is 12.6. The Kier molecular flexibility index (Phi) is 5.25. The molecule has 0 bridgehead atoms. The van der Waals surface area contributed by atoms with Crippen LogP contribution in [0.15, 0.2) is 0 Å². The van der Waals surface area contributed by atoms with Crippen LogP contribution < -0.4 is 0 Å². The third kappa shape index (κ3) is 3.72. The lowest BCUT2D eigenvalue weighted by atomic mass is 9.68. The lowest BCUT2D eigenvalue weighted by Gasteiger charge is -2.44. The molecule has 0 radical (unpaired) electrons. The van der Waals surface area contributed by atoms with E-state index in [4.69, 9.17) is 11.7 Å². The number of hydrogen-bond acceptors (Lipinski definition) is 3. The van der Waals surface area contributed by atoms with Crippen LogP contribution >= 0.6 is 0 Å². The number of nitriles is 1. The SMILES string of the molecule is C#CCN(CCC#N)C1CCC2CCC(O)CC2C1. The molecule has 3 nitrogen and oxygen atoms in total. The first kappa shape index (κ1) is 14.4. The first-order valence-corrected chi connectivity index (χ1v) is 7.47. The van der Waals surface area contributed by atoms with E-state index in [1.54, 1.807) is 0 Å². The first-order chi connectivity index (χ1) is 9.24. The second-order valence-corrected chi connectivity index (χ2v) is 6.04. The average Bonchev–Trinajstić information content (AvgIpc) is 2.42. The van der Waals surface area contributed by atoms with Crippen molar-refractivity contribution >= 4 is 0 Å². The van der Waals surface area contributed by atoms with E-state index >= 15 is 0 Å². The summed E-state index contributed by atoms with van der Waals surface area (Å²) < 4.78 is 0. The third-order valence-electron chi connectivity index (χ3n) is 4.88. The van der Waals surface area contributed by atoms with Crippen LogP contribution in [0.4, 0.5) is 0 Å². The largest absolute Gasteiger partial charge is 0.393 e. The van der Waals surface area contributed by atoms with Crippen molar-refractivity contribution in [1.29, 1.82) is 5.26 Å². The summed E-state index contributed by atoms with van der Waals surface area (Å²) in [5.41, 5.74) is 0. The van der Waals surface area contributed by atoms with Gasteiger partial charge in [0.05, 0.1) is 18.7 Å². The molecule has 1 N–H and O–H groups in total. The molecule has 3 heteroatoms. The molecule has 0 aromatic heterocycles. The van der Waals surface area contributed by atoms with Crippen molar-refractivity contribution in [3.8, 4) is 18.4 Å². The average molecular weight is 260 g/mol. The zero-order chi connectivity index (χ0) is 13.7. The van der Waals surface area contributed by atoms with Gasteiger partial charge in [0.25, 0.3) is 0 Å². The summed E-state index contributed by atoms with van der Waals surface area (Å²) in [7, 11) is 0. The van der Waals surface area contributed by atoms with E-state index in [2.05, 4.69) is 16.9 Å². The number of aliphatic hydroxyl groups is 1. The fraction of sp³-hybridized carbons (Fsp3) is 0.812. The summed E-state index contributed by atoms with van der Waals surface area (Å²) in [6.45, 7) is 1.43. The Morgan fingerprint density at radius 1 is 1.16 bits per heavy atom. The molecule has 2 saturated carbocycles. The van der Waals surface area contributed by atoms with E-state index in [1.165, 1.54) is 19.3 Å². The fourth-order valence-electron chi connectivity index (χ4n) is 3.88. The van der Waals surface area contributed by atoms with Crippen molar-refractivity contribution < 1.29 is 5.11 Å². The molecule has 0 amide bonds. The minimum atomic E-state index is -0.0970. The van der Waals surface area contributed by atoms with Gasteiger partial charge in [0.15, 0.2) is 0 Å². The highest BCUT2D eigenvalue weighted by Gasteiger charge is 2.36. The van der Waals surface area contributed by atoms with Gasteiger partial charge in [-0.05, 0) is 50.4 Å². The summed E-state index contributed by atoms with van der Waals surface area (Å²) >= 11 is 0. The molecule has 19 heavy (non-hydrogen) atoms. The van der Waals surface area contributed by atoms with Crippen LogP contribution in [0.1, 0.15) is 44.9 Å². The molecule has 0 spiro atoms. The van der Waals surface area contributed by atoms with Gasteiger partial charge in [-0.15, -0.1) is 6.42 Å².